The zero-order valence-corrected chi connectivity index (χ0v) is 9.52. The first-order valence-corrected chi connectivity index (χ1v) is 5.96. The van der Waals surface area contributed by atoms with E-state index in [0.717, 1.165) is 11.5 Å². The summed E-state index contributed by atoms with van der Waals surface area (Å²) >= 11 is 0. The molecule has 0 saturated heterocycles. The van der Waals surface area contributed by atoms with Crippen molar-refractivity contribution in [2.24, 2.45) is 5.92 Å². The smallest absolute Gasteiger partial charge is 0.0991 e. The van der Waals surface area contributed by atoms with Crippen LogP contribution in [0.4, 0.5) is 0 Å². The van der Waals surface area contributed by atoms with Crippen molar-refractivity contribution in [1.82, 2.24) is 0 Å². The molecule has 0 unspecified atom stereocenters. The van der Waals surface area contributed by atoms with Crippen LogP contribution in [-0.4, -0.2) is 0 Å². The first-order valence-electron chi connectivity index (χ1n) is 5.96. The highest BCUT2D eigenvalue weighted by atomic mass is 14.3. The number of nitrogens with zero attached hydrogens (tertiary/aromatic N) is 1. The van der Waals surface area contributed by atoms with E-state index in [1.165, 1.54) is 31.2 Å². The Kier molecular flexibility index (Phi) is 3.41. The van der Waals surface area contributed by atoms with Gasteiger partial charge in [0.25, 0.3) is 0 Å². The zero-order chi connectivity index (χ0) is 11.4. The van der Waals surface area contributed by atoms with Crippen LogP contribution in [0.5, 0.6) is 0 Å². The van der Waals surface area contributed by atoms with E-state index in [4.69, 9.17) is 5.26 Å². The SMILES string of the molecule is C=C[C@H]1CC[C@H](c2ccc(C#N)cc2)CC1. The van der Waals surface area contributed by atoms with Crippen LogP contribution in [0.2, 0.25) is 0 Å². The van der Waals surface area contributed by atoms with Crippen molar-refractivity contribution < 1.29 is 0 Å². The lowest BCUT2D eigenvalue weighted by atomic mass is 9.79. The molecule has 82 valence electrons. The Balaban J connectivity index is 2.03. The molecule has 0 aromatic heterocycles. The Morgan fingerprint density at radius 1 is 1.12 bits per heavy atom. The molecule has 0 spiro atoms. The molecule has 0 bridgehead atoms. The quantitative estimate of drug-likeness (QED) is 0.678. The van der Waals surface area contributed by atoms with Gasteiger partial charge in [0, 0.05) is 0 Å². The molecule has 0 N–H and O–H groups in total. The zero-order valence-electron chi connectivity index (χ0n) is 9.52. The summed E-state index contributed by atoms with van der Waals surface area (Å²) in [6.45, 7) is 3.87. The fourth-order valence-corrected chi connectivity index (χ4v) is 2.52. The van der Waals surface area contributed by atoms with Gasteiger partial charge in [-0.2, -0.15) is 5.26 Å². The van der Waals surface area contributed by atoms with Gasteiger partial charge in [-0.25, -0.2) is 0 Å². The molecular formula is C15H17N. The van der Waals surface area contributed by atoms with Crippen LogP contribution in [0.15, 0.2) is 36.9 Å². The largest absolute Gasteiger partial charge is 0.192 e. The Morgan fingerprint density at radius 2 is 1.75 bits per heavy atom. The molecule has 0 radical (unpaired) electrons. The molecular weight excluding hydrogens is 194 g/mol. The highest BCUT2D eigenvalue weighted by Crippen LogP contribution is 2.35. The lowest BCUT2D eigenvalue weighted by Crippen LogP contribution is -2.11. The molecule has 1 aliphatic rings. The van der Waals surface area contributed by atoms with Crippen molar-refractivity contribution in [3.05, 3.63) is 48.0 Å². The summed E-state index contributed by atoms with van der Waals surface area (Å²) in [5.74, 6) is 1.40. The summed E-state index contributed by atoms with van der Waals surface area (Å²) in [5.41, 5.74) is 2.14. The summed E-state index contributed by atoms with van der Waals surface area (Å²) in [7, 11) is 0. The molecule has 2 rings (SSSR count). The normalized spacial score (nSPS) is 24.7. The minimum absolute atomic E-state index is 0.684. The van der Waals surface area contributed by atoms with E-state index < -0.39 is 0 Å². The topological polar surface area (TPSA) is 23.8 Å². The van der Waals surface area contributed by atoms with E-state index in [1.54, 1.807) is 0 Å². The van der Waals surface area contributed by atoms with Crippen LogP contribution in [0.3, 0.4) is 0 Å². The summed E-state index contributed by atoms with van der Waals surface area (Å²) < 4.78 is 0. The van der Waals surface area contributed by atoms with Gasteiger partial charge in [0.1, 0.15) is 0 Å². The number of hydrogen-bond acceptors (Lipinski definition) is 1. The Morgan fingerprint density at radius 3 is 2.25 bits per heavy atom. The van der Waals surface area contributed by atoms with Gasteiger partial charge in [-0.15, -0.1) is 6.58 Å². The third-order valence-corrected chi connectivity index (χ3v) is 3.62. The lowest BCUT2D eigenvalue weighted by Gasteiger charge is -2.26. The molecule has 0 heterocycles. The molecule has 1 heteroatoms. The Bertz CT molecular complexity index is 388. The maximum atomic E-state index is 8.74. The molecule has 0 atom stereocenters. The average molecular weight is 211 g/mol. The van der Waals surface area contributed by atoms with Crippen molar-refractivity contribution in [3.63, 3.8) is 0 Å². The number of benzene rings is 1. The van der Waals surface area contributed by atoms with Crippen molar-refractivity contribution in [1.29, 1.82) is 5.26 Å². The van der Waals surface area contributed by atoms with Gasteiger partial charge in [0.05, 0.1) is 11.6 Å². The van der Waals surface area contributed by atoms with Crippen LogP contribution in [0.25, 0.3) is 0 Å². The molecule has 1 fully saturated rings. The Hall–Kier alpha value is -1.55. The summed E-state index contributed by atoms with van der Waals surface area (Å²) in [6.07, 6.45) is 7.11. The summed E-state index contributed by atoms with van der Waals surface area (Å²) in [6, 6.07) is 10.2. The van der Waals surface area contributed by atoms with Crippen molar-refractivity contribution in [2.45, 2.75) is 31.6 Å². The molecule has 16 heavy (non-hydrogen) atoms. The number of nitriles is 1. The van der Waals surface area contributed by atoms with Crippen LogP contribution in [-0.2, 0) is 0 Å². The first-order chi connectivity index (χ1) is 7.83. The average Bonchev–Trinajstić information content (AvgIpc) is 2.39. The minimum Gasteiger partial charge on any atom is -0.192 e. The monoisotopic (exact) mass is 211 g/mol. The summed E-state index contributed by atoms with van der Waals surface area (Å²) in [4.78, 5) is 0. The second kappa shape index (κ2) is 4.99. The van der Waals surface area contributed by atoms with E-state index in [2.05, 4.69) is 30.9 Å². The second-order valence-electron chi connectivity index (χ2n) is 4.58. The first kappa shape index (κ1) is 11.0. The van der Waals surface area contributed by atoms with Crippen LogP contribution >= 0.6 is 0 Å². The maximum Gasteiger partial charge on any atom is 0.0991 e. The van der Waals surface area contributed by atoms with Gasteiger partial charge >= 0.3 is 0 Å². The van der Waals surface area contributed by atoms with E-state index in [0.29, 0.717) is 5.92 Å². The molecule has 1 saturated carbocycles. The van der Waals surface area contributed by atoms with Crippen LogP contribution in [0.1, 0.15) is 42.7 Å². The predicted octanol–water partition coefficient (Wildman–Crippen LogP) is 4.02. The van der Waals surface area contributed by atoms with Crippen molar-refractivity contribution in [3.8, 4) is 6.07 Å². The number of hydrogen-bond donors (Lipinski definition) is 0. The standard InChI is InChI=1S/C15H17N/c1-2-12-3-7-14(8-4-12)15-9-5-13(11-16)6-10-15/h2,5-6,9-10,12,14H,1,3-4,7-8H2/t12-,14-. The van der Waals surface area contributed by atoms with Crippen molar-refractivity contribution >= 4 is 0 Å². The third kappa shape index (κ3) is 2.33. The van der Waals surface area contributed by atoms with Crippen molar-refractivity contribution in [2.75, 3.05) is 0 Å². The van der Waals surface area contributed by atoms with E-state index in [9.17, 15) is 0 Å². The van der Waals surface area contributed by atoms with Crippen LogP contribution < -0.4 is 0 Å². The molecule has 1 aliphatic carbocycles. The molecule has 1 aromatic carbocycles. The second-order valence-corrected chi connectivity index (χ2v) is 4.58. The van der Waals surface area contributed by atoms with Gasteiger partial charge in [-0.1, -0.05) is 18.2 Å². The highest BCUT2D eigenvalue weighted by Gasteiger charge is 2.20. The molecule has 0 aliphatic heterocycles. The maximum absolute atomic E-state index is 8.74. The fraction of sp³-hybridized carbons (Fsp3) is 0.400. The highest BCUT2D eigenvalue weighted by molar-refractivity contribution is 5.33. The molecule has 0 amide bonds. The van der Waals surface area contributed by atoms with E-state index >= 15 is 0 Å². The van der Waals surface area contributed by atoms with Gasteiger partial charge in [-0.3, -0.25) is 0 Å². The Labute approximate surface area is 97.4 Å². The van der Waals surface area contributed by atoms with Crippen LogP contribution in [0, 0.1) is 17.2 Å². The third-order valence-electron chi connectivity index (χ3n) is 3.62. The molecule has 1 nitrogen and oxygen atoms in total. The fourth-order valence-electron chi connectivity index (χ4n) is 2.52. The van der Waals surface area contributed by atoms with Gasteiger partial charge in [-0.05, 0) is 55.2 Å². The lowest BCUT2D eigenvalue weighted by molar-refractivity contribution is 0.376. The van der Waals surface area contributed by atoms with Gasteiger partial charge in [0.15, 0.2) is 0 Å². The van der Waals surface area contributed by atoms with E-state index in [1.807, 2.05) is 12.1 Å². The number of allylic oxidation sites excluding steroid dienone is 1. The molecule has 1 aromatic rings. The van der Waals surface area contributed by atoms with E-state index in [-0.39, 0.29) is 0 Å². The van der Waals surface area contributed by atoms with Gasteiger partial charge < -0.3 is 0 Å². The predicted molar refractivity (Wildman–Crippen MR) is 66.1 cm³/mol. The van der Waals surface area contributed by atoms with Gasteiger partial charge in [0.2, 0.25) is 0 Å². The minimum atomic E-state index is 0.684. The number of rotatable bonds is 2. The summed E-state index contributed by atoms with van der Waals surface area (Å²) in [5, 5.41) is 8.74.